The molecular formula is C27H34O. The van der Waals surface area contributed by atoms with Gasteiger partial charge in [0.15, 0.2) is 0 Å². The topological polar surface area (TPSA) is 9.23 Å². The third kappa shape index (κ3) is 6.16. The smallest absolute Gasteiger partial charge is 0.119 e. The highest BCUT2D eigenvalue weighted by Crippen LogP contribution is 2.37. The fourth-order valence-corrected chi connectivity index (χ4v) is 4.11. The Morgan fingerprint density at radius 2 is 1.39 bits per heavy atom. The van der Waals surface area contributed by atoms with Crippen LogP contribution in [0, 0.1) is 17.8 Å². The lowest BCUT2D eigenvalue weighted by molar-refractivity contribution is 0.304. The highest BCUT2D eigenvalue weighted by Gasteiger charge is 2.21. The van der Waals surface area contributed by atoms with E-state index in [1.807, 2.05) is 24.3 Å². The molecule has 0 aliphatic heterocycles. The van der Waals surface area contributed by atoms with Gasteiger partial charge in [-0.2, -0.15) is 0 Å². The van der Waals surface area contributed by atoms with Gasteiger partial charge in [0.05, 0.1) is 6.61 Å². The van der Waals surface area contributed by atoms with Gasteiger partial charge in [-0.05, 0) is 85.9 Å². The molecule has 0 spiro atoms. The predicted molar refractivity (Wildman–Crippen MR) is 119 cm³/mol. The maximum absolute atomic E-state index is 5.62. The summed E-state index contributed by atoms with van der Waals surface area (Å²) in [7, 11) is 0. The quantitative estimate of drug-likeness (QED) is 0.461. The fraction of sp³-hybridized carbons (Fsp3) is 0.481. The van der Waals surface area contributed by atoms with Gasteiger partial charge in [-0.1, -0.05) is 57.1 Å². The molecule has 148 valence electrons. The molecule has 0 aromatic heterocycles. The van der Waals surface area contributed by atoms with Crippen LogP contribution in [0.5, 0.6) is 5.75 Å². The fourth-order valence-electron chi connectivity index (χ4n) is 4.11. The van der Waals surface area contributed by atoms with Gasteiger partial charge in [0.1, 0.15) is 5.75 Å². The Morgan fingerprint density at radius 3 is 1.96 bits per heavy atom. The van der Waals surface area contributed by atoms with Crippen molar-refractivity contribution in [3.8, 4) is 17.6 Å². The Balaban J connectivity index is 1.53. The largest absolute Gasteiger partial charge is 0.494 e. The monoisotopic (exact) mass is 374 g/mol. The van der Waals surface area contributed by atoms with Crippen molar-refractivity contribution in [1.29, 1.82) is 0 Å². The van der Waals surface area contributed by atoms with Crippen molar-refractivity contribution in [3.05, 3.63) is 65.2 Å². The molecule has 2 aromatic rings. The molecule has 1 aliphatic carbocycles. The Kier molecular flexibility index (Phi) is 8.04. The lowest BCUT2D eigenvalue weighted by atomic mass is 9.77. The van der Waals surface area contributed by atoms with Crippen LogP contribution in [0.15, 0.2) is 48.5 Å². The summed E-state index contributed by atoms with van der Waals surface area (Å²) in [6, 6.07) is 17.0. The zero-order valence-electron chi connectivity index (χ0n) is 17.5. The van der Waals surface area contributed by atoms with Crippen molar-refractivity contribution in [2.45, 2.75) is 71.1 Å². The lowest BCUT2D eigenvalue weighted by Crippen LogP contribution is -2.13. The first-order valence-electron chi connectivity index (χ1n) is 11.1. The molecule has 3 rings (SSSR count). The molecule has 1 aliphatic rings. The van der Waals surface area contributed by atoms with Gasteiger partial charge in [-0.15, -0.1) is 0 Å². The molecule has 1 heteroatoms. The Hall–Kier alpha value is -2.20. The minimum absolute atomic E-state index is 0.746. The van der Waals surface area contributed by atoms with Gasteiger partial charge in [0.2, 0.25) is 0 Å². The van der Waals surface area contributed by atoms with E-state index >= 15 is 0 Å². The summed E-state index contributed by atoms with van der Waals surface area (Å²) in [5.74, 6) is 9.19. The van der Waals surface area contributed by atoms with E-state index in [-0.39, 0.29) is 0 Å². The Bertz CT molecular complexity index is 753. The van der Waals surface area contributed by atoms with E-state index in [0.717, 1.165) is 41.7 Å². The van der Waals surface area contributed by atoms with Crippen molar-refractivity contribution >= 4 is 0 Å². The zero-order chi connectivity index (χ0) is 19.6. The standard InChI is InChI=1S/C27H34O/c1-3-5-6-22-9-15-25(16-10-22)26-17-11-23(12-18-26)7-8-24-13-19-27(20-14-24)28-21-4-2/h11-14,17-20,22,25H,3-6,9-10,15-16,21H2,1-2H3. The number of benzene rings is 2. The second kappa shape index (κ2) is 11.0. The molecule has 1 saturated carbocycles. The average Bonchev–Trinajstić information content (AvgIpc) is 2.76. The third-order valence-electron chi connectivity index (χ3n) is 5.87. The van der Waals surface area contributed by atoms with Gasteiger partial charge in [-0.3, -0.25) is 0 Å². The van der Waals surface area contributed by atoms with Crippen LogP contribution >= 0.6 is 0 Å². The van der Waals surface area contributed by atoms with Crippen molar-refractivity contribution in [3.63, 3.8) is 0 Å². The van der Waals surface area contributed by atoms with E-state index in [1.54, 1.807) is 0 Å². The van der Waals surface area contributed by atoms with Crippen molar-refractivity contribution < 1.29 is 4.74 Å². The van der Waals surface area contributed by atoms with Crippen LogP contribution in [-0.2, 0) is 0 Å². The SMILES string of the molecule is CCCCC1CCC(c2ccc(C#Cc3ccc(OCCC)cc3)cc2)CC1. The number of hydrogen-bond acceptors (Lipinski definition) is 1. The summed E-state index contributed by atoms with van der Waals surface area (Å²) in [5, 5.41) is 0. The predicted octanol–water partition coefficient (Wildman–Crippen LogP) is 7.34. The van der Waals surface area contributed by atoms with Crippen molar-refractivity contribution in [2.75, 3.05) is 6.61 Å². The molecule has 0 heterocycles. The van der Waals surface area contributed by atoms with Crippen LogP contribution in [0.1, 0.15) is 87.8 Å². The molecule has 0 bridgehead atoms. The zero-order valence-corrected chi connectivity index (χ0v) is 17.5. The molecule has 0 saturated heterocycles. The lowest BCUT2D eigenvalue weighted by Gasteiger charge is -2.28. The van der Waals surface area contributed by atoms with E-state index in [1.165, 1.54) is 50.5 Å². The number of unbranched alkanes of at least 4 members (excludes halogenated alkanes) is 1. The van der Waals surface area contributed by atoms with Crippen molar-refractivity contribution in [2.24, 2.45) is 5.92 Å². The van der Waals surface area contributed by atoms with Gasteiger partial charge in [0, 0.05) is 11.1 Å². The van der Waals surface area contributed by atoms with E-state index in [2.05, 4.69) is 50.0 Å². The second-order valence-electron chi connectivity index (χ2n) is 8.10. The number of ether oxygens (including phenoxy) is 1. The van der Waals surface area contributed by atoms with E-state index in [9.17, 15) is 0 Å². The maximum Gasteiger partial charge on any atom is 0.119 e. The molecule has 0 atom stereocenters. The van der Waals surface area contributed by atoms with Gasteiger partial charge in [-0.25, -0.2) is 0 Å². The maximum atomic E-state index is 5.62. The van der Waals surface area contributed by atoms with Gasteiger partial charge >= 0.3 is 0 Å². The molecule has 0 unspecified atom stereocenters. The molecule has 28 heavy (non-hydrogen) atoms. The van der Waals surface area contributed by atoms with E-state index in [0.29, 0.717) is 0 Å². The summed E-state index contributed by atoms with van der Waals surface area (Å²) in [6.07, 6.45) is 10.7. The van der Waals surface area contributed by atoms with Crippen LogP contribution in [0.2, 0.25) is 0 Å². The summed E-state index contributed by atoms with van der Waals surface area (Å²) in [5.41, 5.74) is 3.61. The first-order chi connectivity index (χ1) is 13.8. The Morgan fingerprint density at radius 1 is 0.786 bits per heavy atom. The molecule has 1 fully saturated rings. The number of hydrogen-bond donors (Lipinski definition) is 0. The second-order valence-corrected chi connectivity index (χ2v) is 8.10. The van der Waals surface area contributed by atoms with Crippen LogP contribution < -0.4 is 4.74 Å². The summed E-state index contributed by atoms with van der Waals surface area (Å²) >= 11 is 0. The summed E-state index contributed by atoms with van der Waals surface area (Å²) in [4.78, 5) is 0. The number of rotatable bonds is 7. The van der Waals surface area contributed by atoms with Crippen LogP contribution in [-0.4, -0.2) is 6.61 Å². The molecular weight excluding hydrogens is 340 g/mol. The Labute approximate surface area is 171 Å². The third-order valence-corrected chi connectivity index (χ3v) is 5.87. The van der Waals surface area contributed by atoms with E-state index < -0.39 is 0 Å². The van der Waals surface area contributed by atoms with Gasteiger partial charge < -0.3 is 4.74 Å². The van der Waals surface area contributed by atoms with Gasteiger partial charge in [0.25, 0.3) is 0 Å². The minimum atomic E-state index is 0.746. The first-order valence-corrected chi connectivity index (χ1v) is 11.1. The van der Waals surface area contributed by atoms with Crippen LogP contribution in [0.4, 0.5) is 0 Å². The normalized spacial score (nSPS) is 18.9. The molecule has 0 radical (unpaired) electrons. The highest BCUT2D eigenvalue weighted by molar-refractivity contribution is 5.45. The highest BCUT2D eigenvalue weighted by atomic mass is 16.5. The molecule has 0 amide bonds. The summed E-state index contributed by atoms with van der Waals surface area (Å²) in [6.45, 7) is 5.18. The molecule has 0 N–H and O–H groups in total. The molecule has 1 nitrogen and oxygen atoms in total. The minimum Gasteiger partial charge on any atom is -0.494 e. The van der Waals surface area contributed by atoms with Crippen molar-refractivity contribution in [1.82, 2.24) is 0 Å². The molecule has 2 aromatic carbocycles. The van der Waals surface area contributed by atoms with Crippen LogP contribution in [0.25, 0.3) is 0 Å². The van der Waals surface area contributed by atoms with Crippen LogP contribution in [0.3, 0.4) is 0 Å². The summed E-state index contributed by atoms with van der Waals surface area (Å²) < 4.78 is 5.62. The first kappa shape index (κ1) is 20.5. The average molecular weight is 375 g/mol. The van der Waals surface area contributed by atoms with E-state index in [4.69, 9.17) is 4.74 Å².